The molecule has 29 N–H and O–H groups in total. The number of nitrogens with one attached hydrogen (secondary N) is 9. The largest absolute Gasteiger partial charge is 0.441 e. The predicted molar refractivity (Wildman–Crippen MR) is 338 cm³/mol. The summed E-state index contributed by atoms with van der Waals surface area (Å²) >= 11 is 2.81. The minimum atomic E-state index is -2.20. The number of carbonyl (C=O) groups excluding carboxylic acids is 8. The molecule has 0 radical (unpaired) electrons. The third kappa shape index (κ3) is 21.0. The van der Waals surface area contributed by atoms with Gasteiger partial charge in [-0.3, -0.25) is 44.3 Å². The van der Waals surface area contributed by atoms with Crippen molar-refractivity contribution < 1.29 is 103 Å². The number of amides is 8. The lowest BCUT2D eigenvalue weighted by atomic mass is 9.92. The highest BCUT2D eigenvalue weighted by atomic mass is 32.2. The Morgan fingerprint density at radius 3 is 2.22 bits per heavy atom. The van der Waals surface area contributed by atoms with Crippen molar-refractivity contribution in [2.75, 3.05) is 44.3 Å². The number of thioether (sulfide) groups is 1. The monoisotopic (exact) mass is 1410 g/mol. The second kappa shape index (κ2) is 35.3. The zero-order valence-electron chi connectivity index (χ0n) is 53.3. The van der Waals surface area contributed by atoms with E-state index in [1.807, 2.05) is 0 Å². The highest BCUT2D eigenvalue weighted by molar-refractivity contribution is 8.00. The smallest absolute Gasteiger partial charge is 0.404 e. The van der Waals surface area contributed by atoms with Crippen molar-refractivity contribution in [2.24, 2.45) is 34.6 Å². The van der Waals surface area contributed by atoms with Crippen LogP contribution in [-0.4, -0.2) is 260 Å². The van der Waals surface area contributed by atoms with Crippen molar-refractivity contribution in [2.45, 2.75) is 181 Å². The summed E-state index contributed by atoms with van der Waals surface area (Å²) in [4.78, 5) is 127. The third-order valence-corrected chi connectivity index (χ3v) is 18.1. The number of aromatic nitrogens is 5. The molecular weight excluding hydrogens is 1330 g/mol. The highest BCUT2D eigenvalue weighted by Gasteiger charge is 2.53. The fourth-order valence-electron chi connectivity index (χ4n) is 10.3. The van der Waals surface area contributed by atoms with Crippen molar-refractivity contribution in [1.82, 2.24) is 62.1 Å². The Hall–Kier alpha value is -7.50. The van der Waals surface area contributed by atoms with E-state index in [1.165, 1.54) is 57.7 Å². The maximum Gasteiger partial charge on any atom is 0.404 e. The maximum atomic E-state index is 15.4. The van der Waals surface area contributed by atoms with Crippen LogP contribution < -0.4 is 71.6 Å². The molecular formula is C55H87N19O21S2. The second-order valence-electron chi connectivity index (χ2n) is 23.7. The average Bonchev–Trinajstić information content (AvgIpc) is 1.18. The van der Waals surface area contributed by atoms with E-state index >= 15 is 9.59 Å². The summed E-state index contributed by atoms with van der Waals surface area (Å²) in [6.45, 7) is 4.40. The number of primary amides is 3. The zero-order chi connectivity index (χ0) is 71.9. The summed E-state index contributed by atoms with van der Waals surface area (Å²) in [6, 6.07) is -8.35. The molecule has 3 aliphatic heterocycles. The van der Waals surface area contributed by atoms with Crippen LogP contribution in [0.3, 0.4) is 0 Å². The number of ether oxygens (including phenoxy) is 5. The molecule has 3 aliphatic rings. The molecule has 3 saturated heterocycles. The lowest BCUT2D eigenvalue weighted by Crippen LogP contribution is -2.65. The van der Waals surface area contributed by atoms with Crippen molar-refractivity contribution in [3.8, 4) is 0 Å². The van der Waals surface area contributed by atoms with E-state index in [2.05, 4.69) is 62.1 Å². The summed E-state index contributed by atoms with van der Waals surface area (Å²) < 4.78 is 29.0. The number of imidazole rings is 1. The van der Waals surface area contributed by atoms with Gasteiger partial charge in [-0.1, -0.05) is 6.92 Å². The summed E-state index contributed by atoms with van der Waals surface area (Å²) in [6.07, 6.45) is -22.9. The first-order valence-electron chi connectivity index (χ1n) is 30.4. The first kappa shape index (κ1) is 78.5. The van der Waals surface area contributed by atoms with Gasteiger partial charge in [0.15, 0.2) is 18.7 Å². The molecule has 0 unspecified atom stereocenters. The Morgan fingerprint density at radius 1 is 0.887 bits per heavy atom. The quantitative estimate of drug-likeness (QED) is 0.0192. The van der Waals surface area contributed by atoms with E-state index in [0.717, 1.165) is 12.5 Å². The fourth-order valence-corrected chi connectivity index (χ4v) is 12.5. The van der Waals surface area contributed by atoms with Crippen LogP contribution in [0.15, 0.2) is 17.9 Å². The maximum absolute atomic E-state index is 15.4. The molecule has 6 rings (SSSR count). The predicted octanol–water partition coefficient (Wildman–Crippen LogP) is -8.44. The van der Waals surface area contributed by atoms with Gasteiger partial charge < -0.3 is 136 Å². The van der Waals surface area contributed by atoms with Crippen molar-refractivity contribution in [3.05, 3.63) is 51.4 Å². The molecule has 540 valence electrons. The standard InChI is InChI=1S/C55H87N19O21S2/c1-19-32(71-45(74-43(19)60)24(12-30(59)77)66-13-22(56)44(61)83)48(86)72-33(39(25-14-63-18-67-25)93-53-41(37(81)35(79)21(3)91-53)94-52-38(82)40(95-54(62)89)36(80)28(15-76)92-52)49(87)69-23(8-11-75)34(78)20(2)46(84)73-42(55(4,5)90)50(88)65-10-7-31-68-27(17-96-31)51-70-26(16-97-51)47(85)64-9-6-29(57)58/h14,16,18,20-24,27-28,31,33-42,52-53,66,68,75-76,78-82,90H,6-13,15,17,56H2,1-5H3,(H3,57,58)(H2,59,77)(H2,61,83)(H2,62,89)(H,63,67)(H,64,85)(H,65,88)(H,69,87)(H,72,86)(H,73,84)(H2,60,71,74)/t20-,21-,22-,23+,24-,27+,28+,31+,33-,34-,35+,36+,37-,38-,39-,40-,41-,42+,52+,53-/m0/s1. The minimum Gasteiger partial charge on any atom is -0.441 e. The molecule has 97 heavy (non-hydrogen) atoms. The Bertz CT molecular complexity index is 3210. The van der Waals surface area contributed by atoms with Gasteiger partial charge in [-0.2, -0.15) is 0 Å². The summed E-state index contributed by atoms with van der Waals surface area (Å²) in [5, 5.41) is 117. The summed E-state index contributed by atoms with van der Waals surface area (Å²) in [7, 11) is 0. The topological polar surface area (TPSA) is 676 Å². The molecule has 0 bridgehead atoms. The SMILES string of the molecule is Cc1c(N)nc([C@H](CC(N)=O)NC[C@H](N)C(N)=O)nc1C(=O)N[C@H](C(=O)N[C@H](CCO)[C@@H](O)[C@H](C)C(=O)N[C@H](C(=O)NCC[C@@H]1N[C@@H](c2nc(C(=O)NCCC(=N)N)cs2)CS1)C(C)(C)O)[C@@H](O[C@@H]1O[C@@H](C)[C@@H](O)[C@H](O)[C@@H]1O[C@H]1O[C@H](CO)[C@@H](O)[C@H](OC(N)=O)[C@@H]1O)c1cnc[nH]1. The Kier molecular flexibility index (Phi) is 28.6. The van der Waals surface area contributed by atoms with Gasteiger partial charge in [0.05, 0.1) is 83.9 Å². The van der Waals surface area contributed by atoms with Gasteiger partial charge in [-0.15, -0.1) is 23.1 Å². The Morgan fingerprint density at radius 2 is 1.60 bits per heavy atom. The first-order chi connectivity index (χ1) is 45.6. The van der Waals surface area contributed by atoms with Crippen molar-refractivity contribution in [3.63, 3.8) is 0 Å². The number of amidine groups is 1. The number of nitrogens with zero attached hydrogens (tertiary/aromatic N) is 4. The van der Waals surface area contributed by atoms with E-state index in [-0.39, 0.29) is 71.9 Å². The number of nitrogen functional groups attached to an aromatic ring is 1. The molecule has 8 amide bonds. The number of aliphatic hydroxyl groups excluding tert-OH is 7. The van der Waals surface area contributed by atoms with Crippen LogP contribution in [0, 0.1) is 18.3 Å². The number of aliphatic hydroxyl groups is 8. The molecule has 0 aromatic carbocycles. The Labute approximate surface area is 562 Å². The molecule has 20 atom stereocenters. The third-order valence-electron chi connectivity index (χ3n) is 15.9. The number of thiazole rings is 1. The van der Waals surface area contributed by atoms with Gasteiger partial charge in [0.1, 0.15) is 82.8 Å². The van der Waals surface area contributed by atoms with Gasteiger partial charge >= 0.3 is 6.09 Å². The number of rotatable bonds is 35. The van der Waals surface area contributed by atoms with Gasteiger partial charge in [0.2, 0.25) is 29.5 Å². The number of anilines is 1. The van der Waals surface area contributed by atoms with Crippen LogP contribution in [-0.2, 0) is 47.7 Å². The minimum absolute atomic E-state index is 0.0422. The number of hydrogen-bond donors (Lipinski definition) is 23. The van der Waals surface area contributed by atoms with Crippen LogP contribution in [0.25, 0.3) is 0 Å². The summed E-state index contributed by atoms with van der Waals surface area (Å²) in [5.41, 5.74) is 31.0. The average molecular weight is 1410 g/mol. The van der Waals surface area contributed by atoms with E-state index in [9.17, 15) is 69.6 Å². The molecule has 3 aromatic rings. The lowest BCUT2D eigenvalue weighted by molar-refractivity contribution is -0.369. The van der Waals surface area contributed by atoms with Crippen LogP contribution in [0.2, 0.25) is 0 Å². The first-order valence-corrected chi connectivity index (χ1v) is 32.3. The van der Waals surface area contributed by atoms with Gasteiger partial charge in [-0.25, -0.2) is 24.7 Å². The van der Waals surface area contributed by atoms with Crippen LogP contribution in [0.1, 0.15) is 115 Å². The van der Waals surface area contributed by atoms with Crippen molar-refractivity contribution >= 4 is 82.2 Å². The van der Waals surface area contributed by atoms with E-state index in [4.69, 9.17) is 63.5 Å². The second-order valence-corrected chi connectivity index (χ2v) is 25.8. The lowest BCUT2D eigenvalue weighted by Gasteiger charge is -2.46. The number of carbonyl (C=O) groups is 8. The van der Waals surface area contributed by atoms with Gasteiger partial charge in [-0.05, 0) is 40.5 Å². The van der Waals surface area contributed by atoms with Crippen LogP contribution >= 0.6 is 23.1 Å². The van der Waals surface area contributed by atoms with Crippen LogP contribution in [0.5, 0.6) is 0 Å². The molecule has 0 aliphatic carbocycles. The van der Waals surface area contributed by atoms with E-state index in [0.29, 0.717) is 17.2 Å². The zero-order valence-corrected chi connectivity index (χ0v) is 54.9. The molecule has 42 heteroatoms. The molecule has 6 heterocycles. The summed E-state index contributed by atoms with van der Waals surface area (Å²) in [5.74, 6) is -8.51. The van der Waals surface area contributed by atoms with Crippen LogP contribution in [0.4, 0.5) is 10.6 Å². The number of H-pyrrole nitrogens is 1. The van der Waals surface area contributed by atoms with Crippen molar-refractivity contribution in [1.29, 1.82) is 5.41 Å². The molecule has 3 fully saturated rings. The van der Waals surface area contributed by atoms with E-state index < -0.39 is 195 Å². The number of aromatic amines is 1. The highest BCUT2D eigenvalue weighted by Crippen LogP contribution is 2.36. The normalized spacial score (nSPS) is 26.0. The number of hydrogen-bond acceptors (Lipinski definition) is 32. The molecule has 40 nitrogen and oxygen atoms in total. The van der Waals surface area contributed by atoms with Gasteiger partial charge in [0.25, 0.3) is 11.8 Å². The molecule has 3 aromatic heterocycles. The Balaban J connectivity index is 1.29. The number of nitrogens with two attached hydrogens (primary N) is 6. The molecule has 0 spiro atoms. The molecule has 0 saturated carbocycles. The van der Waals surface area contributed by atoms with E-state index in [1.54, 1.807) is 5.38 Å². The van der Waals surface area contributed by atoms with Gasteiger partial charge in [0, 0.05) is 55.8 Å². The fraction of sp³-hybridized carbons (Fsp3) is 0.655.